The summed E-state index contributed by atoms with van der Waals surface area (Å²) in [7, 11) is 3.03. The van der Waals surface area contributed by atoms with Crippen molar-refractivity contribution in [2.45, 2.75) is 120 Å². The Bertz CT molecular complexity index is 1290. The molecule has 286 valence electrons. The number of aliphatic imine (C=N–C) groups is 1. The molecule has 8 N–H and O–H groups in total. The Labute approximate surface area is 307 Å². The minimum Gasteiger partial charge on any atom is -0.479 e. The molecule has 51 heavy (non-hydrogen) atoms. The number of carboxylic acid groups (broad SMARTS) is 1. The van der Waals surface area contributed by atoms with E-state index >= 15 is 0 Å². The number of hydrogen-bond donors (Lipinski definition) is 7. The highest BCUT2D eigenvalue weighted by Gasteiger charge is 2.60. The van der Waals surface area contributed by atoms with Crippen molar-refractivity contribution in [3.8, 4) is 0 Å². The lowest BCUT2D eigenvalue weighted by atomic mass is 9.66. The molecule has 14 nitrogen and oxygen atoms in total. The fraction of sp³-hybridized carbons (Fsp3) is 0.829. The summed E-state index contributed by atoms with van der Waals surface area (Å²) in [6.45, 7) is 6.49. The second kappa shape index (κ2) is 16.9. The summed E-state index contributed by atoms with van der Waals surface area (Å²) < 4.78 is 24.8. The minimum absolute atomic E-state index is 0.00545. The number of rotatable bonds is 7. The van der Waals surface area contributed by atoms with Crippen LogP contribution in [0.2, 0.25) is 0 Å². The first-order valence-electron chi connectivity index (χ1n) is 18.3. The van der Waals surface area contributed by atoms with Crippen molar-refractivity contribution in [1.82, 2.24) is 5.32 Å². The summed E-state index contributed by atoms with van der Waals surface area (Å²) in [5.41, 5.74) is 4.97. The quantitative estimate of drug-likeness (QED) is 0.144. The van der Waals surface area contributed by atoms with E-state index in [4.69, 9.17) is 24.7 Å². The minimum atomic E-state index is -2.00. The smallest absolute Gasteiger partial charge is 0.335 e. The van der Waals surface area contributed by atoms with Gasteiger partial charge in [-0.1, -0.05) is 35.4 Å². The number of carbonyl (C=O) groups is 2. The average Bonchev–Trinajstić information content (AvgIpc) is 3.62. The highest BCUT2D eigenvalue weighted by Crippen LogP contribution is 2.47. The van der Waals surface area contributed by atoms with Gasteiger partial charge in [-0.15, -0.1) is 4.99 Å². The number of aliphatic hydroxyl groups is 4. The van der Waals surface area contributed by atoms with Gasteiger partial charge in [0.1, 0.15) is 36.4 Å². The highest BCUT2D eigenvalue weighted by molar-refractivity contribution is 8.76. The van der Waals surface area contributed by atoms with Crippen molar-refractivity contribution < 1.29 is 54.1 Å². The molecule has 0 aromatic carbocycles. The van der Waals surface area contributed by atoms with Crippen molar-refractivity contribution in [3.05, 3.63) is 18.2 Å². The van der Waals surface area contributed by atoms with E-state index in [2.05, 4.69) is 24.2 Å². The third kappa shape index (κ3) is 8.46. The van der Waals surface area contributed by atoms with Crippen LogP contribution in [-0.2, 0) is 28.5 Å². The van der Waals surface area contributed by atoms with Gasteiger partial charge in [-0.3, -0.25) is 4.79 Å². The number of ether oxygens (including phenoxy) is 4. The number of amides is 1. The fourth-order valence-electron chi connectivity index (χ4n) is 9.20. The number of primary amides is 1. The molecule has 6 aliphatic rings. The van der Waals surface area contributed by atoms with E-state index in [1.807, 2.05) is 12.3 Å². The Hall–Kier alpha value is -1.44. The molecule has 13 atom stereocenters. The number of hydrogen-bond acceptors (Lipinski definition) is 14. The molecule has 0 spiro atoms. The van der Waals surface area contributed by atoms with Crippen LogP contribution in [0.25, 0.3) is 0 Å². The lowest BCUT2D eigenvalue weighted by Crippen LogP contribution is -2.72. The van der Waals surface area contributed by atoms with Crippen LogP contribution in [0.5, 0.6) is 0 Å². The van der Waals surface area contributed by atoms with Crippen LogP contribution in [0.15, 0.2) is 16.6 Å². The lowest BCUT2D eigenvalue weighted by Gasteiger charge is -2.52. The zero-order valence-electron chi connectivity index (χ0n) is 29.2. The molecule has 6 rings (SSSR count). The van der Waals surface area contributed by atoms with E-state index in [1.165, 1.54) is 10.8 Å². The van der Waals surface area contributed by atoms with E-state index < -0.39 is 72.4 Å². The molecule has 2 aliphatic carbocycles. The van der Waals surface area contributed by atoms with Gasteiger partial charge in [0.15, 0.2) is 24.2 Å². The molecular formula is C35H54N3O11S2+. The Balaban J connectivity index is 1.20. The standard InChI is InChI=1S/C35H53N3O11S2/c1-17(2)23-13-38-15-35(45)31(46-16-51-50-14-24(23)19-9-10-37-12-19)28(41)30(33(43)44)49-34(35)47-21-7-8-22-25(11-21)48-29(32(36)42)26(27(22)40)18-3-5-20(39)6-4-18/h9-10,12,17-18,20-31,34,38-41,45H,3-8,11,13-16H2,1-2H3,(H2-,36,42,43,44)/p+1/t18?,20?,21?,22?,23-,24+,25?,26?,27?,28+,29?,30-,31-,34+,35-/m0/s1. The Morgan fingerprint density at radius 3 is 2.51 bits per heavy atom. The molecule has 5 fully saturated rings. The first kappa shape index (κ1) is 39.3. The molecule has 4 heterocycles. The first-order chi connectivity index (χ1) is 24.4. The van der Waals surface area contributed by atoms with Crippen molar-refractivity contribution in [1.29, 1.82) is 0 Å². The molecule has 0 aromatic rings. The van der Waals surface area contributed by atoms with Gasteiger partial charge in [-0.05, 0) is 56.3 Å². The third-order valence-corrected chi connectivity index (χ3v) is 14.1. The van der Waals surface area contributed by atoms with E-state index in [-0.39, 0.29) is 54.6 Å². The van der Waals surface area contributed by atoms with Crippen molar-refractivity contribution >= 4 is 39.7 Å². The number of carbonyl (C=O) groups excluding carboxylic acids is 1. The van der Waals surface area contributed by atoms with Crippen molar-refractivity contribution in [2.75, 3.05) is 24.8 Å². The zero-order chi connectivity index (χ0) is 36.4. The zero-order valence-corrected chi connectivity index (χ0v) is 30.8. The number of fused-ring (bicyclic) bond motifs is 2. The predicted octanol–water partition coefficient (Wildman–Crippen LogP) is 1.24. The maximum Gasteiger partial charge on any atom is 0.335 e. The summed E-state index contributed by atoms with van der Waals surface area (Å²) in [6.07, 6.45) is -2.05. The molecule has 6 unspecified atom stereocenters. The molecule has 2 saturated carbocycles. The molecule has 4 aliphatic heterocycles. The van der Waals surface area contributed by atoms with E-state index in [0.29, 0.717) is 45.1 Å². The van der Waals surface area contributed by atoms with Crippen molar-refractivity contribution in [2.24, 2.45) is 46.2 Å². The predicted molar refractivity (Wildman–Crippen MR) is 190 cm³/mol. The Morgan fingerprint density at radius 1 is 1.08 bits per heavy atom. The van der Waals surface area contributed by atoms with E-state index in [9.17, 15) is 35.1 Å². The topological polar surface area (TPSA) is 223 Å². The van der Waals surface area contributed by atoms with Crippen LogP contribution < -0.4 is 11.1 Å². The number of carboxylic acids is 1. The monoisotopic (exact) mass is 756 g/mol. The number of allylic oxidation sites excluding steroid dienone is 1. The molecule has 3 saturated heterocycles. The van der Waals surface area contributed by atoms with Crippen LogP contribution in [0, 0.1) is 42.1 Å². The maximum absolute atomic E-state index is 12.7. The highest BCUT2D eigenvalue weighted by atomic mass is 33.1. The summed E-state index contributed by atoms with van der Waals surface area (Å²) >= 11 is 0. The Kier molecular flexibility index (Phi) is 13.0. The van der Waals surface area contributed by atoms with Gasteiger partial charge in [0.05, 0.1) is 36.4 Å². The third-order valence-electron chi connectivity index (χ3n) is 12.0. The van der Waals surface area contributed by atoms with E-state index in [1.54, 1.807) is 17.3 Å². The van der Waals surface area contributed by atoms with Crippen LogP contribution in [0.3, 0.4) is 0 Å². The van der Waals surface area contributed by atoms with Gasteiger partial charge in [-0.25, -0.2) is 4.79 Å². The van der Waals surface area contributed by atoms with Crippen LogP contribution in [0.4, 0.5) is 0 Å². The molecule has 0 radical (unpaired) electrons. The van der Waals surface area contributed by atoms with Crippen LogP contribution in [0.1, 0.15) is 58.8 Å². The number of aliphatic carboxylic acids is 1. The second-order valence-electron chi connectivity index (χ2n) is 15.4. The van der Waals surface area contributed by atoms with Gasteiger partial charge in [0.2, 0.25) is 5.91 Å². The van der Waals surface area contributed by atoms with Gasteiger partial charge >= 0.3 is 5.97 Å². The fourth-order valence-corrected chi connectivity index (χ4v) is 11.3. The lowest BCUT2D eigenvalue weighted by molar-refractivity contribution is -0.349. The Morgan fingerprint density at radius 2 is 1.84 bits per heavy atom. The van der Waals surface area contributed by atoms with Gasteiger partial charge < -0.3 is 55.5 Å². The van der Waals surface area contributed by atoms with E-state index in [0.717, 1.165) is 11.3 Å². The average molecular weight is 757 g/mol. The normalized spacial score (nSPS) is 45.4. The van der Waals surface area contributed by atoms with Crippen LogP contribution >= 0.6 is 21.6 Å². The number of nitrogens with one attached hydrogen (secondary N) is 1. The largest absolute Gasteiger partial charge is 0.479 e. The molecule has 16 heteroatoms. The SMILES string of the molecule is CC(C)[C@@H]1CNC[C@@]2(O)[C@H](OC3CCC4C(C3)OC(C(N)=O)C(C3CCC(O)CC3)C4O)O[C@H](C(=O)O)[C@@H](O)[C@@H]2OCSSC[C@@H]1C1=C[CH+]N=C1. The number of aliphatic hydroxyl groups excluding tert-OH is 3. The molecule has 0 bridgehead atoms. The number of nitrogens with zero attached hydrogens (tertiary/aromatic N) is 1. The molecular weight excluding hydrogens is 703 g/mol. The summed E-state index contributed by atoms with van der Waals surface area (Å²) in [5.74, 6) is -1.36. The van der Waals surface area contributed by atoms with Gasteiger partial charge in [0.25, 0.3) is 0 Å². The van der Waals surface area contributed by atoms with Gasteiger partial charge in [-0.2, -0.15) is 0 Å². The number of nitrogens with two attached hydrogens (primary N) is 1. The van der Waals surface area contributed by atoms with Crippen LogP contribution in [-0.4, -0.2) is 129 Å². The second-order valence-corrected chi connectivity index (χ2v) is 17.9. The molecule has 0 aromatic heterocycles. The first-order valence-corrected chi connectivity index (χ1v) is 20.8. The summed E-state index contributed by atoms with van der Waals surface area (Å²) in [4.78, 5) is 29.3. The van der Waals surface area contributed by atoms with Crippen molar-refractivity contribution in [3.63, 3.8) is 0 Å². The van der Waals surface area contributed by atoms with Gasteiger partial charge in [0, 0.05) is 37.1 Å². The molecule has 1 amide bonds. The summed E-state index contributed by atoms with van der Waals surface area (Å²) in [6, 6.07) is 0. The summed E-state index contributed by atoms with van der Waals surface area (Å²) in [5, 5.41) is 58.8. The number of β-amino-alcohol motifs (C(OH)–C–C–N with tert-alkyl or cyclic N) is 1. The maximum atomic E-state index is 12.7.